The molecule has 1 aromatic heterocycles. The average Bonchev–Trinajstić information content (AvgIpc) is 2.92. The first kappa shape index (κ1) is 11.4. The molecule has 0 atom stereocenters. The van der Waals surface area contributed by atoms with Gasteiger partial charge in [0.2, 0.25) is 0 Å². The van der Waals surface area contributed by atoms with Crippen molar-refractivity contribution < 1.29 is 4.39 Å². The highest BCUT2D eigenvalue weighted by molar-refractivity contribution is 5.63. The molecule has 0 unspecified atom stereocenters. The molecule has 0 aliphatic heterocycles. The zero-order valence-electron chi connectivity index (χ0n) is 9.99. The lowest BCUT2D eigenvalue weighted by Crippen LogP contribution is -1.99. The molecule has 94 valence electrons. The van der Waals surface area contributed by atoms with Crippen LogP contribution >= 0.6 is 0 Å². The van der Waals surface area contributed by atoms with E-state index in [0.717, 1.165) is 5.69 Å². The Hall–Kier alpha value is -2.69. The molecular formula is C14H11FN4. The third-order valence-electron chi connectivity index (χ3n) is 2.85. The maximum Gasteiger partial charge on any atom is 0.146 e. The van der Waals surface area contributed by atoms with Crippen LogP contribution in [0, 0.1) is 5.82 Å². The van der Waals surface area contributed by atoms with E-state index in [0.29, 0.717) is 11.3 Å². The molecule has 0 fully saturated rings. The molecule has 2 N–H and O–H groups in total. The van der Waals surface area contributed by atoms with Gasteiger partial charge in [0.05, 0.1) is 23.3 Å². The van der Waals surface area contributed by atoms with E-state index in [-0.39, 0.29) is 5.69 Å². The molecule has 0 saturated carbocycles. The van der Waals surface area contributed by atoms with Gasteiger partial charge in [-0.3, -0.25) is 0 Å². The van der Waals surface area contributed by atoms with Crippen LogP contribution in [0.15, 0.2) is 54.7 Å². The van der Waals surface area contributed by atoms with Gasteiger partial charge in [-0.2, -0.15) is 0 Å². The molecule has 2 aromatic carbocycles. The van der Waals surface area contributed by atoms with Gasteiger partial charge in [-0.1, -0.05) is 29.5 Å². The molecular weight excluding hydrogens is 243 g/mol. The molecule has 3 rings (SSSR count). The van der Waals surface area contributed by atoms with E-state index in [1.54, 1.807) is 16.9 Å². The van der Waals surface area contributed by atoms with E-state index < -0.39 is 5.82 Å². The molecule has 5 heteroatoms. The van der Waals surface area contributed by atoms with Gasteiger partial charge >= 0.3 is 0 Å². The Labute approximate surface area is 109 Å². The number of anilines is 1. The van der Waals surface area contributed by atoms with Crippen LogP contribution < -0.4 is 5.73 Å². The second-order valence-corrected chi connectivity index (χ2v) is 4.10. The Morgan fingerprint density at radius 1 is 1.05 bits per heavy atom. The summed E-state index contributed by atoms with van der Waals surface area (Å²) in [7, 11) is 0. The van der Waals surface area contributed by atoms with E-state index in [4.69, 9.17) is 5.73 Å². The molecule has 0 spiro atoms. The second-order valence-electron chi connectivity index (χ2n) is 4.10. The van der Waals surface area contributed by atoms with Crippen LogP contribution in [0.3, 0.4) is 0 Å². The summed E-state index contributed by atoms with van der Waals surface area (Å²) >= 11 is 0. The number of nitrogens with zero attached hydrogens (tertiary/aromatic N) is 3. The van der Waals surface area contributed by atoms with Crippen LogP contribution in [-0.4, -0.2) is 15.0 Å². The average molecular weight is 254 g/mol. The Morgan fingerprint density at radius 2 is 1.84 bits per heavy atom. The fourth-order valence-corrected chi connectivity index (χ4v) is 1.88. The first-order chi connectivity index (χ1) is 9.25. The summed E-state index contributed by atoms with van der Waals surface area (Å²) in [6.45, 7) is 0. The Kier molecular flexibility index (Phi) is 2.72. The van der Waals surface area contributed by atoms with Crippen LogP contribution in [0.1, 0.15) is 0 Å². The number of nitrogen functional groups attached to an aromatic ring is 1. The number of aromatic nitrogens is 3. The molecule has 19 heavy (non-hydrogen) atoms. The second kappa shape index (κ2) is 4.53. The molecule has 0 amide bonds. The summed E-state index contributed by atoms with van der Waals surface area (Å²) < 4.78 is 15.2. The summed E-state index contributed by atoms with van der Waals surface area (Å²) in [5.74, 6) is -0.446. The lowest BCUT2D eigenvalue weighted by atomic mass is 10.1. The number of halogens is 1. The van der Waals surface area contributed by atoms with Crippen LogP contribution in [0.25, 0.3) is 16.9 Å². The Bertz CT molecular complexity index is 706. The molecule has 0 radical (unpaired) electrons. The van der Waals surface area contributed by atoms with Crippen LogP contribution in [-0.2, 0) is 0 Å². The topological polar surface area (TPSA) is 56.7 Å². The number of rotatable bonds is 2. The number of benzene rings is 2. The molecule has 0 aliphatic rings. The number of hydrogen-bond acceptors (Lipinski definition) is 3. The summed E-state index contributed by atoms with van der Waals surface area (Å²) in [5, 5.41) is 7.91. The maximum absolute atomic E-state index is 13.5. The highest BCUT2D eigenvalue weighted by Crippen LogP contribution is 2.24. The van der Waals surface area contributed by atoms with Gasteiger partial charge in [0.1, 0.15) is 5.82 Å². The molecule has 0 saturated heterocycles. The maximum atomic E-state index is 13.5. The highest BCUT2D eigenvalue weighted by Gasteiger charge is 2.10. The SMILES string of the molecule is Nc1ccc(-c2cnnn2-c2ccccc2)cc1F. The number of nitrogens with two attached hydrogens (primary N) is 1. The van der Waals surface area contributed by atoms with Crippen molar-refractivity contribution >= 4 is 5.69 Å². The van der Waals surface area contributed by atoms with Gasteiger partial charge in [-0.15, -0.1) is 5.10 Å². The predicted molar refractivity (Wildman–Crippen MR) is 71.2 cm³/mol. The third-order valence-corrected chi connectivity index (χ3v) is 2.85. The van der Waals surface area contributed by atoms with Crippen molar-refractivity contribution in [2.75, 3.05) is 5.73 Å². The van der Waals surface area contributed by atoms with E-state index in [1.807, 2.05) is 30.3 Å². The third kappa shape index (κ3) is 2.06. The molecule has 3 aromatic rings. The van der Waals surface area contributed by atoms with Gasteiger partial charge in [0.15, 0.2) is 0 Å². The summed E-state index contributed by atoms with van der Waals surface area (Å²) in [4.78, 5) is 0. The quantitative estimate of drug-likeness (QED) is 0.715. The minimum atomic E-state index is -0.446. The van der Waals surface area contributed by atoms with Crippen molar-refractivity contribution in [3.05, 3.63) is 60.5 Å². The van der Waals surface area contributed by atoms with Gasteiger partial charge in [0, 0.05) is 5.56 Å². The summed E-state index contributed by atoms with van der Waals surface area (Å²) in [5.41, 5.74) is 7.87. The summed E-state index contributed by atoms with van der Waals surface area (Å²) in [6, 6.07) is 14.2. The monoisotopic (exact) mass is 254 g/mol. The summed E-state index contributed by atoms with van der Waals surface area (Å²) in [6.07, 6.45) is 1.60. The minimum absolute atomic E-state index is 0.127. The predicted octanol–water partition coefficient (Wildman–Crippen LogP) is 2.66. The van der Waals surface area contributed by atoms with Crippen molar-refractivity contribution in [1.82, 2.24) is 15.0 Å². The van der Waals surface area contributed by atoms with E-state index in [9.17, 15) is 4.39 Å². The van der Waals surface area contributed by atoms with Crippen molar-refractivity contribution in [1.29, 1.82) is 0 Å². The molecule has 0 bridgehead atoms. The molecule has 1 heterocycles. The standard InChI is InChI=1S/C14H11FN4/c15-12-8-10(6-7-13(12)16)14-9-17-18-19(14)11-4-2-1-3-5-11/h1-9H,16H2. The number of hydrogen-bond donors (Lipinski definition) is 1. The first-order valence-corrected chi connectivity index (χ1v) is 5.77. The zero-order chi connectivity index (χ0) is 13.2. The van der Waals surface area contributed by atoms with E-state index in [2.05, 4.69) is 10.3 Å². The molecule has 0 aliphatic carbocycles. The van der Waals surface area contributed by atoms with Crippen molar-refractivity contribution in [2.24, 2.45) is 0 Å². The Balaban J connectivity index is 2.12. The fraction of sp³-hybridized carbons (Fsp3) is 0. The van der Waals surface area contributed by atoms with Gasteiger partial charge in [0.25, 0.3) is 0 Å². The zero-order valence-corrected chi connectivity index (χ0v) is 9.99. The normalized spacial score (nSPS) is 10.6. The largest absolute Gasteiger partial charge is 0.396 e. The lowest BCUT2D eigenvalue weighted by molar-refractivity contribution is 0.633. The van der Waals surface area contributed by atoms with Gasteiger partial charge in [-0.25, -0.2) is 9.07 Å². The van der Waals surface area contributed by atoms with Crippen molar-refractivity contribution in [3.63, 3.8) is 0 Å². The van der Waals surface area contributed by atoms with E-state index in [1.165, 1.54) is 12.1 Å². The fourth-order valence-electron chi connectivity index (χ4n) is 1.88. The van der Waals surface area contributed by atoms with Gasteiger partial charge < -0.3 is 5.73 Å². The Morgan fingerprint density at radius 3 is 2.58 bits per heavy atom. The van der Waals surface area contributed by atoms with Crippen molar-refractivity contribution in [2.45, 2.75) is 0 Å². The number of para-hydroxylation sites is 1. The minimum Gasteiger partial charge on any atom is -0.396 e. The van der Waals surface area contributed by atoms with Crippen LogP contribution in [0.5, 0.6) is 0 Å². The van der Waals surface area contributed by atoms with Crippen LogP contribution in [0.2, 0.25) is 0 Å². The first-order valence-electron chi connectivity index (χ1n) is 5.77. The van der Waals surface area contributed by atoms with Crippen LogP contribution in [0.4, 0.5) is 10.1 Å². The van der Waals surface area contributed by atoms with Gasteiger partial charge in [-0.05, 0) is 24.3 Å². The van der Waals surface area contributed by atoms with Crippen molar-refractivity contribution in [3.8, 4) is 16.9 Å². The lowest BCUT2D eigenvalue weighted by Gasteiger charge is -2.06. The van der Waals surface area contributed by atoms with E-state index >= 15 is 0 Å². The molecule has 4 nitrogen and oxygen atoms in total. The highest BCUT2D eigenvalue weighted by atomic mass is 19.1. The smallest absolute Gasteiger partial charge is 0.146 e.